The molecule has 1 unspecified atom stereocenters. The predicted octanol–water partition coefficient (Wildman–Crippen LogP) is 3.53. The molecule has 1 saturated heterocycles. The number of amides is 1. The Morgan fingerprint density at radius 3 is 2.61 bits per heavy atom. The quantitative estimate of drug-likeness (QED) is 0.860. The van der Waals surface area contributed by atoms with Crippen molar-refractivity contribution >= 4 is 5.91 Å². The zero-order valence-corrected chi connectivity index (χ0v) is 14.6. The van der Waals surface area contributed by atoms with E-state index in [1.807, 2.05) is 0 Å². The van der Waals surface area contributed by atoms with Crippen LogP contribution in [0.5, 0.6) is 0 Å². The van der Waals surface area contributed by atoms with Gasteiger partial charge in [0.2, 0.25) is 5.91 Å². The Kier molecular flexibility index (Phi) is 5.93. The van der Waals surface area contributed by atoms with Crippen LogP contribution in [0, 0.1) is 17.8 Å². The molecule has 1 amide bonds. The maximum atomic E-state index is 11.8. The average molecular weight is 316 g/mol. The highest BCUT2D eigenvalue weighted by molar-refractivity contribution is 5.78. The first-order valence-electron chi connectivity index (χ1n) is 9.57. The smallest absolute Gasteiger partial charge is 0.222 e. The summed E-state index contributed by atoms with van der Waals surface area (Å²) >= 11 is 0. The highest BCUT2D eigenvalue weighted by atomic mass is 16.1. The molecule has 23 heavy (non-hydrogen) atoms. The lowest BCUT2D eigenvalue weighted by molar-refractivity contribution is -0.125. The Bertz CT molecular complexity index is 454. The van der Waals surface area contributed by atoms with Gasteiger partial charge in [0.25, 0.3) is 0 Å². The van der Waals surface area contributed by atoms with Crippen LogP contribution in [0.4, 0.5) is 0 Å². The molecule has 0 aromatic rings. The summed E-state index contributed by atoms with van der Waals surface area (Å²) in [4.78, 5) is 14.5. The van der Waals surface area contributed by atoms with Crippen molar-refractivity contribution in [2.24, 2.45) is 17.8 Å². The van der Waals surface area contributed by atoms with Gasteiger partial charge in [-0.05, 0) is 69.9 Å². The third-order valence-corrected chi connectivity index (χ3v) is 6.13. The molecule has 3 aliphatic rings. The molecule has 0 bridgehead atoms. The minimum absolute atomic E-state index is 0.246. The molecule has 1 N–H and O–H groups in total. The second-order valence-electron chi connectivity index (χ2n) is 7.57. The second kappa shape index (κ2) is 8.14. The number of hydrogen-bond donors (Lipinski definition) is 1. The van der Waals surface area contributed by atoms with Gasteiger partial charge in [0.15, 0.2) is 0 Å². The summed E-state index contributed by atoms with van der Waals surface area (Å²) in [5.41, 5.74) is 1.65. The lowest BCUT2D eigenvalue weighted by Gasteiger charge is -2.37. The first kappa shape index (κ1) is 16.8. The minimum Gasteiger partial charge on any atom is -0.359 e. The summed E-state index contributed by atoms with van der Waals surface area (Å²) in [6.07, 6.45) is 16.9. The SMILES string of the molecule is CNC(=O)C1CCC(C2CC=CC=C2CN2CCCCC2)CC1. The van der Waals surface area contributed by atoms with E-state index in [1.165, 1.54) is 58.2 Å². The van der Waals surface area contributed by atoms with Gasteiger partial charge in [0, 0.05) is 19.5 Å². The second-order valence-corrected chi connectivity index (χ2v) is 7.57. The summed E-state index contributed by atoms with van der Waals surface area (Å²) in [5, 5.41) is 2.82. The van der Waals surface area contributed by atoms with Crippen molar-refractivity contribution in [1.82, 2.24) is 10.2 Å². The molecular weight excluding hydrogens is 284 g/mol. The van der Waals surface area contributed by atoms with Crippen molar-refractivity contribution in [3.63, 3.8) is 0 Å². The third kappa shape index (κ3) is 4.26. The molecule has 1 saturated carbocycles. The number of rotatable bonds is 4. The molecule has 0 aromatic carbocycles. The summed E-state index contributed by atoms with van der Waals surface area (Å²) < 4.78 is 0. The normalized spacial score (nSPS) is 32.4. The largest absolute Gasteiger partial charge is 0.359 e. The maximum Gasteiger partial charge on any atom is 0.222 e. The Balaban J connectivity index is 1.57. The van der Waals surface area contributed by atoms with E-state index in [0.717, 1.165) is 18.8 Å². The van der Waals surface area contributed by atoms with Crippen LogP contribution in [0.1, 0.15) is 51.4 Å². The van der Waals surface area contributed by atoms with Crippen LogP contribution >= 0.6 is 0 Å². The van der Waals surface area contributed by atoms with Gasteiger partial charge in [-0.3, -0.25) is 9.69 Å². The van der Waals surface area contributed by atoms with Crippen LogP contribution in [0.2, 0.25) is 0 Å². The fourth-order valence-electron chi connectivity index (χ4n) is 4.72. The average Bonchev–Trinajstić information content (AvgIpc) is 2.62. The molecule has 3 nitrogen and oxygen atoms in total. The van der Waals surface area contributed by atoms with Crippen molar-refractivity contribution < 1.29 is 4.79 Å². The number of nitrogens with zero attached hydrogens (tertiary/aromatic N) is 1. The molecule has 1 aliphatic heterocycles. The first-order chi connectivity index (χ1) is 11.3. The fraction of sp³-hybridized carbons (Fsp3) is 0.750. The highest BCUT2D eigenvalue weighted by Gasteiger charge is 2.32. The molecule has 128 valence electrons. The molecule has 0 radical (unpaired) electrons. The number of carbonyl (C=O) groups is 1. The monoisotopic (exact) mass is 316 g/mol. The van der Waals surface area contributed by atoms with Gasteiger partial charge in [-0.1, -0.05) is 30.2 Å². The van der Waals surface area contributed by atoms with E-state index in [2.05, 4.69) is 28.4 Å². The van der Waals surface area contributed by atoms with Crippen LogP contribution < -0.4 is 5.32 Å². The van der Waals surface area contributed by atoms with E-state index in [1.54, 1.807) is 12.6 Å². The van der Waals surface area contributed by atoms with E-state index in [4.69, 9.17) is 0 Å². The van der Waals surface area contributed by atoms with Crippen molar-refractivity contribution in [1.29, 1.82) is 0 Å². The van der Waals surface area contributed by atoms with Crippen molar-refractivity contribution in [3.8, 4) is 0 Å². The topological polar surface area (TPSA) is 32.3 Å². The van der Waals surface area contributed by atoms with Gasteiger partial charge in [-0.25, -0.2) is 0 Å². The van der Waals surface area contributed by atoms with Crippen LogP contribution in [-0.4, -0.2) is 37.5 Å². The number of piperidine rings is 1. The highest BCUT2D eigenvalue weighted by Crippen LogP contribution is 2.39. The van der Waals surface area contributed by atoms with Gasteiger partial charge in [-0.2, -0.15) is 0 Å². The summed E-state index contributed by atoms with van der Waals surface area (Å²) in [6, 6.07) is 0. The van der Waals surface area contributed by atoms with Crippen molar-refractivity contribution in [2.45, 2.75) is 51.4 Å². The van der Waals surface area contributed by atoms with Gasteiger partial charge >= 0.3 is 0 Å². The molecule has 3 heteroatoms. The zero-order chi connectivity index (χ0) is 16.1. The molecule has 2 aliphatic carbocycles. The lowest BCUT2D eigenvalue weighted by Crippen LogP contribution is -2.36. The molecule has 1 atom stereocenters. The van der Waals surface area contributed by atoms with Crippen LogP contribution in [-0.2, 0) is 4.79 Å². The van der Waals surface area contributed by atoms with E-state index < -0.39 is 0 Å². The first-order valence-corrected chi connectivity index (χ1v) is 9.57. The minimum atomic E-state index is 0.246. The molecule has 1 heterocycles. The zero-order valence-electron chi connectivity index (χ0n) is 14.6. The van der Waals surface area contributed by atoms with Gasteiger partial charge in [-0.15, -0.1) is 0 Å². The lowest BCUT2D eigenvalue weighted by atomic mass is 9.71. The number of allylic oxidation sites excluding steroid dienone is 3. The van der Waals surface area contributed by atoms with Crippen LogP contribution in [0.25, 0.3) is 0 Å². The Labute approximate surface area is 141 Å². The number of nitrogens with one attached hydrogen (secondary N) is 1. The third-order valence-electron chi connectivity index (χ3n) is 6.13. The fourth-order valence-corrected chi connectivity index (χ4v) is 4.72. The van der Waals surface area contributed by atoms with Gasteiger partial charge < -0.3 is 5.32 Å². The Hall–Kier alpha value is -1.09. The van der Waals surface area contributed by atoms with Gasteiger partial charge in [0.1, 0.15) is 0 Å². The summed E-state index contributed by atoms with van der Waals surface area (Å²) in [5.74, 6) is 1.99. The van der Waals surface area contributed by atoms with E-state index in [-0.39, 0.29) is 11.8 Å². The van der Waals surface area contributed by atoms with Crippen LogP contribution in [0.15, 0.2) is 23.8 Å². The Morgan fingerprint density at radius 1 is 1.17 bits per heavy atom. The summed E-state index contributed by atoms with van der Waals surface area (Å²) in [6.45, 7) is 3.72. The molecule has 0 spiro atoms. The Morgan fingerprint density at radius 2 is 1.91 bits per heavy atom. The van der Waals surface area contributed by atoms with Crippen LogP contribution in [0.3, 0.4) is 0 Å². The molecule has 3 rings (SSSR count). The predicted molar refractivity (Wildman–Crippen MR) is 95.1 cm³/mol. The van der Waals surface area contributed by atoms with E-state index >= 15 is 0 Å². The molecule has 0 aromatic heterocycles. The molecular formula is C20H32N2O. The van der Waals surface area contributed by atoms with Crippen molar-refractivity contribution in [3.05, 3.63) is 23.8 Å². The number of carbonyl (C=O) groups excluding carboxylic acids is 1. The maximum absolute atomic E-state index is 11.8. The number of hydrogen-bond acceptors (Lipinski definition) is 2. The standard InChI is InChI=1S/C20H32N2O/c1-21-20(23)17-11-9-16(10-12-17)19-8-4-3-7-18(19)15-22-13-5-2-6-14-22/h3-4,7,16-17,19H,2,5-6,8-15H2,1H3,(H,21,23). The summed E-state index contributed by atoms with van der Waals surface area (Å²) in [7, 11) is 1.76. The number of likely N-dealkylation sites (tertiary alicyclic amines) is 1. The van der Waals surface area contributed by atoms with E-state index in [0.29, 0.717) is 5.92 Å². The van der Waals surface area contributed by atoms with E-state index in [9.17, 15) is 4.79 Å². The molecule has 2 fully saturated rings. The van der Waals surface area contributed by atoms with Gasteiger partial charge in [0.05, 0.1) is 0 Å². The van der Waals surface area contributed by atoms with Crippen molar-refractivity contribution in [2.75, 3.05) is 26.7 Å².